The fraction of sp³-hybridized carbons (Fsp3) is 0.565. The van der Waals surface area contributed by atoms with Crippen LogP contribution in [0.5, 0.6) is 5.75 Å². The summed E-state index contributed by atoms with van der Waals surface area (Å²) >= 11 is 0. The lowest BCUT2D eigenvalue weighted by Gasteiger charge is -2.18. The predicted molar refractivity (Wildman–Crippen MR) is 121 cm³/mol. The Morgan fingerprint density at radius 2 is 2.07 bits per heavy atom. The first kappa shape index (κ1) is 22.8. The summed E-state index contributed by atoms with van der Waals surface area (Å²) in [5.74, 6) is 1.75. The molecular formula is C23H37N5O. The molecule has 0 aliphatic heterocycles. The van der Waals surface area contributed by atoms with Crippen molar-refractivity contribution < 1.29 is 4.74 Å². The highest BCUT2D eigenvalue weighted by atomic mass is 16.5. The van der Waals surface area contributed by atoms with E-state index in [2.05, 4.69) is 62.5 Å². The van der Waals surface area contributed by atoms with Gasteiger partial charge in [-0.1, -0.05) is 25.5 Å². The highest BCUT2D eigenvalue weighted by Crippen LogP contribution is 2.15. The van der Waals surface area contributed by atoms with Crippen LogP contribution in [0.25, 0.3) is 0 Å². The molecule has 0 radical (unpaired) electrons. The molecule has 29 heavy (non-hydrogen) atoms. The Morgan fingerprint density at radius 1 is 1.28 bits per heavy atom. The Balaban J connectivity index is 1.99. The number of aromatic nitrogens is 2. The van der Waals surface area contributed by atoms with Crippen molar-refractivity contribution in [2.75, 3.05) is 13.2 Å². The molecule has 6 nitrogen and oxygen atoms in total. The number of hydrogen-bond acceptors (Lipinski definition) is 3. The van der Waals surface area contributed by atoms with Crippen LogP contribution in [0.2, 0.25) is 0 Å². The summed E-state index contributed by atoms with van der Waals surface area (Å²) in [4.78, 5) is 4.77. The van der Waals surface area contributed by atoms with Crippen LogP contribution in [0, 0.1) is 13.8 Å². The average molecular weight is 400 g/mol. The first-order valence-electron chi connectivity index (χ1n) is 10.7. The molecule has 0 saturated carbocycles. The normalized spacial score (nSPS) is 12.7. The number of benzene rings is 1. The van der Waals surface area contributed by atoms with Gasteiger partial charge in [0.15, 0.2) is 5.96 Å². The quantitative estimate of drug-likeness (QED) is 0.361. The first-order valence-corrected chi connectivity index (χ1v) is 10.7. The number of rotatable bonds is 10. The van der Waals surface area contributed by atoms with E-state index >= 15 is 0 Å². The molecule has 1 unspecified atom stereocenters. The number of unbranched alkanes of at least 4 members (excludes halogenated alkanes) is 1. The molecule has 1 atom stereocenters. The molecule has 0 saturated heterocycles. The lowest BCUT2D eigenvalue weighted by molar-refractivity contribution is 0.309. The molecule has 0 amide bonds. The second-order valence-electron chi connectivity index (χ2n) is 7.57. The topological polar surface area (TPSA) is 63.5 Å². The minimum atomic E-state index is 0.248. The Morgan fingerprint density at radius 3 is 2.72 bits per heavy atom. The molecule has 0 aliphatic rings. The van der Waals surface area contributed by atoms with E-state index in [0.29, 0.717) is 6.54 Å². The van der Waals surface area contributed by atoms with Crippen molar-refractivity contribution in [2.24, 2.45) is 12.0 Å². The van der Waals surface area contributed by atoms with Gasteiger partial charge in [-0.15, -0.1) is 0 Å². The monoisotopic (exact) mass is 399 g/mol. The van der Waals surface area contributed by atoms with Gasteiger partial charge in [-0.2, -0.15) is 5.10 Å². The van der Waals surface area contributed by atoms with E-state index < -0.39 is 0 Å². The minimum Gasteiger partial charge on any atom is -0.494 e. The summed E-state index contributed by atoms with van der Waals surface area (Å²) in [5, 5.41) is 11.4. The van der Waals surface area contributed by atoms with E-state index in [4.69, 9.17) is 9.73 Å². The van der Waals surface area contributed by atoms with E-state index in [9.17, 15) is 0 Å². The third-order valence-corrected chi connectivity index (χ3v) is 4.98. The van der Waals surface area contributed by atoms with E-state index in [1.165, 1.54) is 11.3 Å². The average Bonchev–Trinajstić information content (AvgIpc) is 2.93. The van der Waals surface area contributed by atoms with Crippen LogP contribution in [0.4, 0.5) is 0 Å². The van der Waals surface area contributed by atoms with Gasteiger partial charge in [-0.3, -0.25) is 4.68 Å². The molecule has 0 aliphatic carbocycles. The highest BCUT2D eigenvalue weighted by molar-refractivity contribution is 5.80. The molecule has 0 bridgehead atoms. The van der Waals surface area contributed by atoms with Crippen LogP contribution in [0.1, 0.15) is 56.1 Å². The van der Waals surface area contributed by atoms with Crippen LogP contribution in [-0.4, -0.2) is 34.9 Å². The van der Waals surface area contributed by atoms with E-state index in [1.807, 2.05) is 23.9 Å². The fourth-order valence-electron chi connectivity index (χ4n) is 3.26. The SMILES string of the molecule is CCCCOc1cccc(CN=C(NCC)NC(C)Cc2c(C)nn(C)c2C)c1. The van der Waals surface area contributed by atoms with Gasteiger partial charge in [0.1, 0.15) is 5.75 Å². The molecule has 160 valence electrons. The third-order valence-electron chi connectivity index (χ3n) is 4.98. The summed E-state index contributed by atoms with van der Waals surface area (Å²) in [6.07, 6.45) is 3.12. The Bertz CT molecular complexity index is 797. The molecule has 2 aromatic rings. The van der Waals surface area contributed by atoms with E-state index in [1.54, 1.807) is 0 Å². The lowest BCUT2D eigenvalue weighted by atomic mass is 10.1. The zero-order valence-electron chi connectivity index (χ0n) is 18.9. The van der Waals surface area contributed by atoms with Gasteiger partial charge in [0.2, 0.25) is 0 Å². The zero-order valence-corrected chi connectivity index (χ0v) is 18.9. The van der Waals surface area contributed by atoms with Crippen LogP contribution in [0.15, 0.2) is 29.3 Å². The molecular weight excluding hydrogens is 362 g/mol. The van der Waals surface area contributed by atoms with Crippen molar-refractivity contribution >= 4 is 5.96 Å². The van der Waals surface area contributed by atoms with E-state index in [0.717, 1.165) is 55.4 Å². The van der Waals surface area contributed by atoms with Crippen LogP contribution in [0.3, 0.4) is 0 Å². The summed E-state index contributed by atoms with van der Waals surface area (Å²) in [6.45, 7) is 12.8. The molecule has 0 spiro atoms. The van der Waals surface area contributed by atoms with Crippen LogP contribution >= 0.6 is 0 Å². The number of aryl methyl sites for hydroxylation is 2. The zero-order chi connectivity index (χ0) is 21.2. The van der Waals surface area contributed by atoms with Crippen LogP contribution < -0.4 is 15.4 Å². The van der Waals surface area contributed by atoms with Gasteiger partial charge in [-0.25, -0.2) is 4.99 Å². The number of aliphatic imine (C=N–C) groups is 1. The highest BCUT2D eigenvalue weighted by Gasteiger charge is 2.14. The van der Waals surface area contributed by atoms with Crippen molar-refractivity contribution in [3.8, 4) is 5.75 Å². The standard InChI is InChI=1S/C23H37N5O/c1-7-9-13-29-21-12-10-11-20(15-21)16-25-23(24-8-2)26-17(3)14-22-18(4)27-28(6)19(22)5/h10-12,15,17H,7-9,13-14,16H2,1-6H3,(H2,24,25,26). The Hall–Kier alpha value is -2.50. The number of nitrogens with one attached hydrogen (secondary N) is 2. The smallest absolute Gasteiger partial charge is 0.191 e. The Labute approximate surface area is 175 Å². The second-order valence-corrected chi connectivity index (χ2v) is 7.57. The summed E-state index contributed by atoms with van der Waals surface area (Å²) < 4.78 is 7.76. The summed E-state index contributed by atoms with van der Waals surface area (Å²) in [7, 11) is 2.00. The maximum atomic E-state index is 5.81. The molecule has 2 N–H and O–H groups in total. The van der Waals surface area contributed by atoms with Gasteiger partial charge in [-0.05, 0) is 63.8 Å². The molecule has 0 fully saturated rings. The lowest BCUT2D eigenvalue weighted by Crippen LogP contribution is -2.43. The molecule has 1 aromatic carbocycles. The number of hydrogen-bond donors (Lipinski definition) is 2. The number of ether oxygens (including phenoxy) is 1. The van der Waals surface area contributed by atoms with Crippen molar-refractivity contribution in [1.82, 2.24) is 20.4 Å². The van der Waals surface area contributed by atoms with Gasteiger partial charge in [0.25, 0.3) is 0 Å². The van der Waals surface area contributed by atoms with Crippen molar-refractivity contribution in [1.29, 1.82) is 0 Å². The third kappa shape index (κ3) is 7.11. The second kappa shape index (κ2) is 11.5. The van der Waals surface area contributed by atoms with Crippen molar-refractivity contribution in [3.63, 3.8) is 0 Å². The van der Waals surface area contributed by atoms with Crippen LogP contribution in [-0.2, 0) is 20.0 Å². The van der Waals surface area contributed by atoms with Gasteiger partial charge >= 0.3 is 0 Å². The Kier molecular flexibility index (Phi) is 9.03. The molecule has 6 heteroatoms. The first-order chi connectivity index (χ1) is 13.9. The molecule has 1 heterocycles. The summed E-state index contributed by atoms with van der Waals surface area (Å²) in [6, 6.07) is 8.45. The number of nitrogens with zero attached hydrogens (tertiary/aromatic N) is 3. The van der Waals surface area contributed by atoms with Crippen molar-refractivity contribution in [2.45, 2.75) is 66.5 Å². The molecule has 1 aromatic heterocycles. The van der Waals surface area contributed by atoms with Gasteiger partial charge in [0, 0.05) is 25.3 Å². The molecule has 2 rings (SSSR count). The largest absolute Gasteiger partial charge is 0.494 e. The number of guanidine groups is 1. The van der Waals surface area contributed by atoms with Crippen molar-refractivity contribution in [3.05, 3.63) is 46.8 Å². The van der Waals surface area contributed by atoms with Gasteiger partial charge in [0.05, 0.1) is 18.8 Å². The predicted octanol–water partition coefficient (Wildman–Crippen LogP) is 3.90. The van der Waals surface area contributed by atoms with E-state index in [-0.39, 0.29) is 6.04 Å². The maximum absolute atomic E-state index is 5.81. The maximum Gasteiger partial charge on any atom is 0.191 e. The van der Waals surface area contributed by atoms with Gasteiger partial charge < -0.3 is 15.4 Å². The fourth-order valence-corrected chi connectivity index (χ4v) is 3.26. The summed E-state index contributed by atoms with van der Waals surface area (Å²) in [5.41, 5.74) is 4.77. The minimum absolute atomic E-state index is 0.248.